The second-order valence-corrected chi connectivity index (χ2v) is 4.05. The fraction of sp³-hybridized carbons (Fsp3) is 0.444. The van der Waals surface area contributed by atoms with Gasteiger partial charge in [0, 0.05) is 0 Å². The minimum Gasteiger partial charge on any atom is -0.215 e. The Morgan fingerprint density at radius 3 is 1.52 bits per heavy atom. The summed E-state index contributed by atoms with van der Waals surface area (Å²) >= 11 is 0. The van der Waals surface area contributed by atoms with Gasteiger partial charge in [-0.2, -0.15) is 43.9 Å². The van der Waals surface area contributed by atoms with E-state index >= 15 is 0 Å². The first-order chi connectivity index (χ1) is 9.21. The maximum absolute atomic E-state index is 13.3. The number of aromatic nitrogens is 1. The monoisotopic (exact) mass is 331 g/mol. The molecule has 1 heterocycles. The molecule has 1 aliphatic rings. The van der Waals surface area contributed by atoms with Crippen LogP contribution < -0.4 is 0 Å². The van der Waals surface area contributed by atoms with Crippen LogP contribution in [0.3, 0.4) is 0 Å². The average molecular weight is 331 g/mol. The van der Waals surface area contributed by atoms with Crippen LogP contribution in [0.2, 0.25) is 0 Å². The van der Waals surface area contributed by atoms with Crippen LogP contribution in [-0.4, -0.2) is 16.8 Å². The second-order valence-electron chi connectivity index (χ2n) is 4.05. The quantitative estimate of drug-likeness (QED) is 0.518. The molecule has 0 N–H and O–H groups in total. The minimum absolute atomic E-state index is 1.76. The van der Waals surface area contributed by atoms with Crippen LogP contribution in [0.1, 0.15) is 11.3 Å². The van der Waals surface area contributed by atoms with E-state index in [4.69, 9.17) is 0 Å². The zero-order chi connectivity index (χ0) is 16.6. The van der Waals surface area contributed by atoms with Gasteiger partial charge in [-0.15, -0.1) is 0 Å². The first-order valence-electron chi connectivity index (χ1n) is 4.78. The van der Waals surface area contributed by atoms with Crippen molar-refractivity contribution in [3.63, 3.8) is 0 Å². The fourth-order valence-electron chi connectivity index (χ4n) is 1.72. The topological polar surface area (TPSA) is 12.9 Å². The zero-order valence-corrected chi connectivity index (χ0v) is 9.10. The lowest BCUT2D eigenvalue weighted by molar-refractivity contribution is -0.388. The van der Waals surface area contributed by atoms with E-state index in [1.54, 1.807) is 4.98 Å². The van der Waals surface area contributed by atoms with Crippen LogP contribution in [0.15, 0.2) is 0 Å². The lowest BCUT2D eigenvalue weighted by Crippen LogP contribution is -2.64. The second kappa shape index (κ2) is 3.77. The first kappa shape index (κ1) is 15.8. The van der Waals surface area contributed by atoms with Gasteiger partial charge in [-0.25, -0.2) is 9.37 Å². The molecule has 0 saturated heterocycles. The van der Waals surface area contributed by atoms with Gasteiger partial charge in [0.25, 0.3) is 5.95 Å². The standard InChI is InChI=1S/C9F11N/c10-2-1-4(21-5(12)3(2)11)7(15,16)9(19,20)8(17,18)6(1,13)14. The van der Waals surface area contributed by atoms with Crippen molar-refractivity contribution in [2.75, 3.05) is 0 Å². The van der Waals surface area contributed by atoms with Gasteiger partial charge in [-0.1, -0.05) is 0 Å². The van der Waals surface area contributed by atoms with Gasteiger partial charge in [0.1, 0.15) is 5.69 Å². The van der Waals surface area contributed by atoms with Gasteiger partial charge < -0.3 is 0 Å². The third kappa shape index (κ3) is 1.50. The predicted octanol–water partition coefficient (Wildman–Crippen LogP) is 3.97. The first-order valence-corrected chi connectivity index (χ1v) is 4.78. The summed E-state index contributed by atoms with van der Waals surface area (Å²) in [5.41, 5.74) is -6.10. The molecule has 0 bridgehead atoms. The number of fused-ring (bicyclic) bond motifs is 1. The maximum atomic E-state index is 13.3. The highest BCUT2D eigenvalue weighted by atomic mass is 19.4. The molecule has 0 amide bonds. The van der Waals surface area contributed by atoms with Gasteiger partial charge in [0.15, 0.2) is 5.82 Å². The van der Waals surface area contributed by atoms with Crippen LogP contribution in [0, 0.1) is 17.6 Å². The average Bonchev–Trinajstić information content (AvgIpc) is 2.32. The van der Waals surface area contributed by atoms with E-state index in [0.717, 1.165) is 0 Å². The van der Waals surface area contributed by atoms with E-state index in [2.05, 4.69) is 0 Å². The van der Waals surface area contributed by atoms with Gasteiger partial charge in [0.2, 0.25) is 5.82 Å². The summed E-state index contributed by atoms with van der Waals surface area (Å²) in [6, 6.07) is 0. The minimum atomic E-state index is -6.76. The number of halogens is 11. The number of hydrogen-bond acceptors (Lipinski definition) is 1. The number of pyridine rings is 1. The molecule has 0 fully saturated rings. The van der Waals surface area contributed by atoms with E-state index in [9.17, 15) is 48.3 Å². The van der Waals surface area contributed by atoms with Gasteiger partial charge in [0.05, 0.1) is 5.56 Å². The van der Waals surface area contributed by atoms with Crippen LogP contribution in [0.25, 0.3) is 0 Å². The number of alkyl halides is 8. The fourth-order valence-corrected chi connectivity index (χ4v) is 1.72. The normalized spacial score (nSPS) is 24.5. The van der Waals surface area contributed by atoms with Crippen molar-refractivity contribution in [2.24, 2.45) is 0 Å². The Morgan fingerprint density at radius 2 is 1.05 bits per heavy atom. The van der Waals surface area contributed by atoms with E-state index in [1.165, 1.54) is 0 Å². The molecule has 1 aliphatic carbocycles. The van der Waals surface area contributed by atoms with Crippen LogP contribution in [0.5, 0.6) is 0 Å². The number of nitrogens with zero attached hydrogens (tertiary/aromatic N) is 1. The van der Waals surface area contributed by atoms with Gasteiger partial charge >= 0.3 is 23.7 Å². The largest absolute Gasteiger partial charge is 0.384 e. The lowest BCUT2D eigenvalue weighted by atomic mass is 9.82. The predicted molar refractivity (Wildman–Crippen MR) is 41.8 cm³/mol. The van der Waals surface area contributed by atoms with E-state index in [0.29, 0.717) is 0 Å². The molecule has 1 aromatic heterocycles. The van der Waals surface area contributed by atoms with E-state index in [-0.39, 0.29) is 0 Å². The summed E-state index contributed by atoms with van der Waals surface area (Å²) in [5.74, 6) is -34.6. The van der Waals surface area contributed by atoms with Crippen molar-refractivity contribution < 1.29 is 48.3 Å². The van der Waals surface area contributed by atoms with Crippen LogP contribution in [0.4, 0.5) is 48.3 Å². The Balaban J connectivity index is 3.02. The molecule has 118 valence electrons. The van der Waals surface area contributed by atoms with Crippen molar-refractivity contribution in [1.82, 2.24) is 4.98 Å². The molecule has 1 aromatic rings. The molecule has 0 radical (unpaired) electrons. The highest BCUT2D eigenvalue weighted by Crippen LogP contribution is 2.64. The van der Waals surface area contributed by atoms with Crippen LogP contribution in [-0.2, 0) is 11.8 Å². The Hall–Kier alpha value is -1.62. The zero-order valence-electron chi connectivity index (χ0n) is 9.10. The molecule has 2 rings (SSSR count). The molecule has 0 aromatic carbocycles. The van der Waals surface area contributed by atoms with Gasteiger partial charge in [-0.05, 0) is 0 Å². The summed E-state index contributed by atoms with van der Waals surface area (Å²) in [7, 11) is 0. The Labute approximate surface area is 107 Å². The highest BCUT2D eigenvalue weighted by molar-refractivity contribution is 5.39. The Bertz CT molecular complexity index is 621. The summed E-state index contributed by atoms with van der Waals surface area (Å²) in [4.78, 5) is 1.76. The van der Waals surface area contributed by atoms with E-state index in [1.807, 2.05) is 0 Å². The maximum Gasteiger partial charge on any atom is 0.384 e. The highest BCUT2D eigenvalue weighted by Gasteiger charge is 2.86. The SMILES string of the molecule is Fc1nc2c(c(F)c1F)C(F)(F)C(F)(F)C(F)(F)C2(F)F. The van der Waals surface area contributed by atoms with Crippen molar-refractivity contribution in [3.05, 3.63) is 28.8 Å². The third-order valence-electron chi connectivity index (χ3n) is 2.83. The third-order valence-corrected chi connectivity index (χ3v) is 2.83. The van der Waals surface area contributed by atoms with Crippen LogP contribution >= 0.6 is 0 Å². The van der Waals surface area contributed by atoms with Crippen molar-refractivity contribution in [3.8, 4) is 0 Å². The Kier molecular flexibility index (Phi) is 2.83. The molecular weight excluding hydrogens is 331 g/mol. The molecule has 0 spiro atoms. The molecule has 12 heteroatoms. The lowest BCUT2D eigenvalue weighted by Gasteiger charge is -2.41. The summed E-state index contributed by atoms with van der Waals surface area (Å²) < 4.78 is 143. The molecule has 0 atom stereocenters. The van der Waals surface area contributed by atoms with Gasteiger partial charge in [-0.3, -0.25) is 0 Å². The summed E-state index contributed by atoms with van der Waals surface area (Å²) in [5, 5.41) is 0. The molecule has 21 heavy (non-hydrogen) atoms. The molecule has 1 nitrogen and oxygen atoms in total. The van der Waals surface area contributed by atoms with Crippen molar-refractivity contribution >= 4 is 0 Å². The summed E-state index contributed by atoms with van der Waals surface area (Å²) in [6.45, 7) is 0. The summed E-state index contributed by atoms with van der Waals surface area (Å²) in [6.07, 6.45) is 0. The van der Waals surface area contributed by atoms with Crippen molar-refractivity contribution in [1.29, 1.82) is 0 Å². The smallest absolute Gasteiger partial charge is 0.215 e. The molecule has 0 unspecified atom stereocenters. The van der Waals surface area contributed by atoms with Crippen molar-refractivity contribution in [2.45, 2.75) is 23.7 Å². The Morgan fingerprint density at radius 1 is 0.619 bits per heavy atom. The number of hydrogen-bond donors (Lipinski definition) is 0. The van der Waals surface area contributed by atoms with E-state index < -0.39 is 52.5 Å². The molecular formula is C9F11N. The number of rotatable bonds is 0. The molecule has 0 aliphatic heterocycles. The molecule has 0 saturated carbocycles.